The largest absolute Gasteiger partial charge is 0.336 e. The van der Waals surface area contributed by atoms with E-state index in [1.54, 1.807) is 17.5 Å². The highest BCUT2D eigenvalue weighted by Crippen LogP contribution is 2.20. The van der Waals surface area contributed by atoms with Crippen LogP contribution >= 0.6 is 11.3 Å². The summed E-state index contributed by atoms with van der Waals surface area (Å²) in [5.74, 6) is 0.0689. The second-order valence-electron chi connectivity index (χ2n) is 8.19. The Morgan fingerprint density at radius 2 is 1.75 bits per heavy atom. The van der Waals surface area contributed by atoms with Gasteiger partial charge in [0.15, 0.2) is 0 Å². The molecule has 2 heterocycles. The van der Waals surface area contributed by atoms with Crippen LogP contribution in [0, 0.1) is 13.8 Å². The van der Waals surface area contributed by atoms with Gasteiger partial charge in [-0.3, -0.25) is 14.2 Å². The van der Waals surface area contributed by atoms with Crippen molar-refractivity contribution in [2.75, 3.05) is 5.32 Å². The molecule has 4 aromatic rings. The molecule has 0 atom stereocenters. The second-order valence-corrected chi connectivity index (χ2v) is 9.10. The highest BCUT2D eigenvalue weighted by atomic mass is 32.1. The van der Waals surface area contributed by atoms with E-state index in [0.29, 0.717) is 27.5 Å². The predicted octanol–water partition coefficient (Wildman–Crippen LogP) is 4.59. The predicted molar refractivity (Wildman–Crippen MR) is 130 cm³/mol. The van der Waals surface area contributed by atoms with Gasteiger partial charge in [0.2, 0.25) is 5.91 Å². The number of carbonyl (C=O) groups is 1. The zero-order valence-corrected chi connectivity index (χ0v) is 19.3. The number of fused-ring (bicyclic) bond motifs is 1. The highest BCUT2D eigenvalue weighted by molar-refractivity contribution is 7.17. The van der Waals surface area contributed by atoms with Crippen molar-refractivity contribution in [1.29, 1.82) is 0 Å². The van der Waals surface area contributed by atoms with Crippen molar-refractivity contribution < 1.29 is 4.79 Å². The zero-order chi connectivity index (χ0) is 23.0. The number of aromatic nitrogens is 2. The van der Waals surface area contributed by atoms with Gasteiger partial charge in [0.1, 0.15) is 11.2 Å². The number of thiophene rings is 1. The Labute approximate surface area is 189 Å². The minimum Gasteiger partial charge on any atom is -0.325 e. The lowest BCUT2D eigenvalue weighted by Crippen LogP contribution is -2.40. The summed E-state index contributed by atoms with van der Waals surface area (Å²) in [6.45, 7) is 7.84. The van der Waals surface area contributed by atoms with Crippen LogP contribution in [0.3, 0.4) is 0 Å². The molecule has 6 nitrogen and oxygen atoms in total. The number of carbonyl (C=O) groups excluding carboxylic acids is 1. The van der Waals surface area contributed by atoms with Gasteiger partial charge in [-0.2, -0.15) is 0 Å². The molecule has 0 aliphatic rings. The summed E-state index contributed by atoms with van der Waals surface area (Å²) >= 11 is 1.27. The average molecular weight is 448 g/mol. The van der Waals surface area contributed by atoms with Crippen LogP contribution in [0.25, 0.3) is 15.9 Å². The second kappa shape index (κ2) is 8.59. The van der Waals surface area contributed by atoms with E-state index in [4.69, 9.17) is 0 Å². The standard InChI is InChI=1S/C25H25N3O3S/c1-15(2)18-8-10-19(11-9-18)26-22(29)14-27-21-12-13-32-23(21)24(30)28(25(27)31)20-7-5-6-16(3)17(20)4/h5-13,15H,14H2,1-4H3,(H,26,29). The van der Waals surface area contributed by atoms with Crippen molar-refractivity contribution in [1.82, 2.24) is 9.13 Å². The first-order chi connectivity index (χ1) is 15.3. The number of hydrogen-bond acceptors (Lipinski definition) is 4. The molecule has 0 aliphatic carbocycles. The van der Waals surface area contributed by atoms with Gasteiger partial charge >= 0.3 is 5.69 Å². The molecule has 0 aliphatic heterocycles. The third-order valence-electron chi connectivity index (χ3n) is 5.73. The summed E-state index contributed by atoms with van der Waals surface area (Å²) in [5, 5.41) is 4.61. The number of anilines is 1. The highest BCUT2D eigenvalue weighted by Gasteiger charge is 2.19. The van der Waals surface area contributed by atoms with E-state index in [2.05, 4.69) is 19.2 Å². The van der Waals surface area contributed by atoms with E-state index >= 15 is 0 Å². The Bertz CT molecular complexity index is 1430. The van der Waals surface area contributed by atoms with Gasteiger partial charge in [0, 0.05) is 5.69 Å². The Hall–Kier alpha value is -3.45. The number of nitrogens with zero attached hydrogens (tertiary/aromatic N) is 2. The molecular weight excluding hydrogens is 422 g/mol. The number of amides is 1. The lowest BCUT2D eigenvalue weighted by Gasteiger charge is -2.15. The fraction of sp³-hybridized carbons (Fsp3) is 0.240. The first-order valence-corrected chi connectivity index (χ1v) is 11.4. The molecular formula is C25H25N3O3S. The monoisotopic (exact) mass is 447 g/mol. The smallest absolute Gasteiger partial charge is 0.325 e. The number of benzene rings is 2. The molecule has 0 spiro atoms. The molecule has 2 aromatic carbocycles. The minimum absolute atomic E-state index is 0.191. The van der Waals surface area contributed by atoms with Crippen molar-refractivity contribution in [2.24, 2.45) is 0 Å². The van der Waals surface area contributed by atoms with Crippen molar-refractivity contribution >= 4 is 33.1 Å². The van der Waals surface area contributed by atoms with E-state index in [9.17, 15) is 14.4 Å². The number of rotatable bonds is 5. The number of nitrogens with one attached hydrogen (secondary N) is 1. The summed E-state index contributed by atoms with van der Waals surface area (Å²) < 4.78 is 2.98. The van der Waals surface area contributed by atoms with Crippen LogP contribution in [0.2, 0.25) is 0 Å². The molecule has 0 unspecified atom stereocenters. The van der Waals surface area contributed by atoms with E-state index in [0.717, 1.165) is 11.1 Å². The van der Waals surface area contributed by atoms with E-state index in [1.165, 1.54) is 26.0 Å². The maximum absolute atomic E-state index is 13.4. The normalized spacial score (nSPS) is 11.3. The molecule has 7 heteroatoms. The van der Waals surface area contributed by atoms with Gasteiger partial charge in [0.25, 0.3) is 5.56 Å². The van der Waals surface area contributed by atoms with Crippen LogP contribution in [-0.2, 0) is 11.3 Å². The van der Waals surface area contributed by atoms with Gasteiger partial charge in [-0.1, -0.05) is 38.1 Å². The molecule has 164 valence electrons. The van der Waals surface area contributed by atoms with Gasteiger partial charge in [-0.25, -0.2) is 9.36 Å². The number of hydrogen-bond donors (Lipinski definition) is 1. The fourth-order valence-corrected chi connectivity index (χ4v) is 4.55. The molecule has 0 saturated carbocycles. The molecule has 0 saturated heterocycles. The topological polar surface area (TPSA) is 73.1 Å². The van der Waals surface area contributed by atoms with Crippen molar-refractivity contribution in [2.45, 2.75) is 40.2 Å². The van der Waals surface area contributed by atoms with Crippen LogP contribution in [0.1, 0.15) is 36.5 Å². The van der Waals surface area contributed by atoms with Gasteiger partial charge in [0.05, 0.1) is 11.2 Å². The summed E-state index contributed by atoms with van der Waals surface area (Å²) in [6, 6.07) is 14.9. The van der Waals surface area contributed by atoms with Crippen LogP contribution in [0.4, 0.5) is 5.69 Å². The van der Waals surface area contributed by atoms with Crippen LogP contribution in [0.5, 0.6) is 0 Å². The quantitative estimate of drug-likeness (QED) is 0.486. The Morgan fingerprint density at radius 1 is 1.03 bits per heavy atom. The Morgan fingerprint density at radius 3 is 2.44 bits per heavy atom. The summed E-state index contributed by atoms with van der Waals surface area (Å²) in [4.78, 5) is 39.4. The van der Waals surface area contributed by atoms with Crippen molar-refractivity contribution in [3.05, 3.63) is 91.4 Å². The van der Waals surface area contributed by atoms with Crippen molar-refractivity contribution in [3.63, 3.8) is 0 Å². The minimum atomic E-state index is -0.528. The first kappa shape index (κ1) is 21.8. The molecule has 0 radical (unpaired) electrons. The molecule has 32 heavy (non-hydrogen) atoms. The van der Waals surface area contributed by atoms with Gasteiger partial charge in [-0.05, 0) is 66.1 Å². The summed E-state index contributed by atoms with van der Waals surface area (Å²) in [5.41, 5.74) is 3.79. The molecule has 0 bridgehead atoms. The summed E-state index contributed by atoms with van der Waals surface area (Å²) in [7, 11) is 0. The lowest BCUT2D eigenvalue weighted by atomic mass is 10.0. The van der Waals surface area contributed by atoms with Gasteiger partial charge < -0.3 is 5.32 Å². The van der Waals surface area contributed by atoms with E-state index in [1.807, 2.05) is 50.2 Å². The average Bonchev–Trinajstić information content (AvgIpc) is 3.25. The maximum atomic E-state index is 13.4. The molecule has 1 amide bonds. The fourth-order valence-electron chi connectivity index (χ4n) is 3.73. The van der Waals surface area contributed by atoms with Crippen LogP contribution < -0.4 is 16.6 Å². The van der Waals surface area contributed by atoms with E-state index < -0.39 is 5.69 Å². The Balaban J connectivity index is 1.75. The maximum Gasteiger partial charge on any atom is 0.336 e. The molecule has 2 aromatic heterocycles. The van der Waals surface area contributed by atoms with Gasteiger partial charge in [-0.15, -0.1) is 11.3 Å². The lowest BCUT2D eigenvalue weighted by molar-refractivity contribution is -0.116. The molecule has 0 fully saturated rings. The van der Waals surface area contributed by atoms with Crippen molar-refractivity contribution in [3.8, 4) is 5.69 Å². The number of aryl methyl sites for hydroxylation is 1. The molecule has 4 rings (SSSR count). The molecule has 1 N–H and O–H groups in total. The SMILES string of the molecule is Cc1cccc(-n2c(=O)c3sccc3n(CC(=O)Nc3ccc(C(C)C)cc3)c2=O)c1C. The van der Waals surface area contributed by atoms with E-state index in [-0.39, 0.29) is 18.0 Å². The zero-order valence-electron chi connectivity index (χ0n) is 18.5. The van der Waals surface area contributed by atoms with Crippen LogP contribution in [0.15, 0.2) is 63.5 Å². The first-order valence-electron chi connectivity index (χ1n) is 10.5. The third kappa shape index (κ3) is 3.91. The Kier molecular flexibility index (Phi) is 5.84. The van der Waals surface area contributed by atoms with Crippen LogP contribution in [-0.4, -0.2) is 15.0 Å². The summed E-state index contributed by atoms with van der Waals surface area (Å²) in [6.07, 6.45) is 0. The third-order valence-corrected chi connectivity index (χ3v) is 6.63.